The van der Waals surface area contributed by atoms with E-state index in [0.29, 0.717) is 12.1 Å². The Kier molecular flexibility index (Phi) is 4.03. The molecule has 4 heteroatoms. The zero-order valence-electron chi connectivity index (χ0n) is 11.6. The summed E-state index contributed by atoms with van der Waals surface area (Å²) in [5.74, 6) is -0.219. The van der Waals surface area contributed by atoms with Crippen molar-refractivity contribution in [2.45, 2.75) is 31.8 Å². The number of aliphatic hydroxyl groups is 1. The van der Waals surface area contributed by atoms with Crippen LogP contribution in [0.3, 0.4) is 0 Å². The largest absolute Gasteiger partial charge is 0.387 e. The summed E-state index contributed by atoms with van der Waals surface area (Å²) >= 11 is 0. The van der Waals surface area contributed by atoms with Crippen molar-refractivity contribution >= 4 is 0 Å². The second-order valence-corrected chi connectivity index (χ2v) is 6.29. The molecule has 0 saturated heterocycles. The van der Waals surface area contributed by atoms with Gasteiger partial charge in [0.05, 0.1) is 6.10 Å². The zero-order chi connectivity index (χ0) is 14.1. The summed E-state index contributed by atoms with van der Waals surface area (Å²) in [5.41, 5.74) is 0.459. The third-order valence-corrected chi connectivity index (χ3v) is 4.19. The van der Waals surface area contributed by atoms with Crippen LogP contribution in [0, 0.1) is 23.5 Å². The van der Waals surface area contributed by atoms with Gasteiger partial charge in [0, 0.05) is 19.6 Å². The molecule has 2 aliphatic carbocycles. The Morgan fingerprint density at radius 3 is 2.15 bits per heavy atom. The van der Waals surface area contributed by atoms with Gasteiger partial charge in [-0.1, -0.05) is 6.07 Å². The second kappa shape index (κ2) is 5.78. The summed E-state index contributed by atoms with van der Waals surface area (Å²) < 4.78 is 26.1. The number of halogens is 2. The highest BCUT2D eigenvalue weighted by atomic mass is 19.2. The Labute approximate surface area is 118 Å². The molecule has 2 nitrogen and oxygen atoms in total. The topological polar surface area (TPSA) is 23.5 Å². The van der Waals surface area contributed by atoms with Crippen molar-refractivity contribution in [2.75, 3.05) is 19.6 Å². The van der Waals surface area contributed by atoms with Crippen LogP contribution in [0.2, 0.25) is 0 Å². The molecule has 1 aromatic carbocycles. The molecule has 1 unspecified atom stereocenters. The summed E-state index contributed by atoms with van der Waals surface area (Å²) in [6, 6.07) is 3.65. The quantitative estimate of drug-likeness (QED) is 0.830. The lowest BCUT2D eigenvalue weighted by Gasteiger charge is -2.25. The first-order valence-electron chi connectivity index (χ1n) is 7.47. The third kappa shape index (κ3) is 3.76. The van der Waals surface area contributed by atoms with Gasteiger partial charge in [0.15, 0.2) is 11.6 Å². The van der Waals surface area contributed by atoms with Gasteiger partial charge in [-0.2, -0.15) is 0 Å². The predicted octanol–water partition coefficient (Wildman–Crippen LogP) is 3.12. The average Bonchev–Trinajstić information content (AvgIpc) is 3.28. The van der Waals surface area contributed by atoms with Crippen LogP contribution in [0.25, 0.3) is 0 Å². The smallest absolute Gasteiger partial charge is 0.159 e. The van der Waals surface area contributed by atoms with Crippen LogP contribution in [0.5, 0.6) is 0 Å². The Bertz CT molecular complexity index is 458. The summed E-state index contributed by atoms with van der Waals surface area (Å²) in [7, 11) is 0. The van der Waals surface area contributed by atoms with Crippen LogP contribution in [0.15, 0.2) is 18.2 Å². The molecule has 0 aromatic heterocycles. The lowest BCUT2D eigenvalue weighted by molar-refractivity contribution is 0.107. The van der Waals surface area contributed by atoms with E-state index in [4.69, 9.17) is 0 Å². The van der Waals surface area contributed by atoms with Crippen molar-refractivity contribution in [1.82, 2.24) is 4.90 Å². The van der Waals surface area contributed by atoms with Gasteiger partial charge < -0.3 is 5.11 Å². The number of benzene rings is 1. The molecule has 2 fully saturated rings. The first-order valence-corrected chi connectivity index (χ1v) is 7.47. The highest BCUT2D eigenvalue weighted by Crippen LogP contribution is 2.34. The third-order valence-electron chi connectivity index (χ3n) is 4.19. The van der Waals surface area contributed by atoms with Crippen molar-refractivity contribution in [3.05, 3.63) is 35.4 Å². The minimum Gasteiger partial charge on any atom is -0.387 e. The summed E-state index contributed by atoms with van der Waals surface area (Å²) in [4.78, 5) is 2.29. The fraction of sp³-hybridized carbons (Fsp3) is 0.625. The van der Waals surface area contributed by atoms with Crippen LogP contribution in [0.4, 0.5) is 8.78 Å². The van der Waals surface area contributed by atoms with Gasteiger partial charge in [0.2, 0.25) is 0 Å². The Morgan fingerprint density at radius 1 is 1.05 bits per heavy atom. The second-order valence-electron chi connectivity index (χ2n) is 6.29. The van der Waals surface area contributed by atoms with Gasteiger partial charge in [-0.25, -0.2) is 8.78 Å². The SMILES string of the molecule is OC(CN(CC1CC1)CC1CC1)c1ccc(F)c(F)c1. The van der Waals surface area contributed by atoms with Crippen molar-refractivity contribution in [3.8, 4) is 0 Å². The Hall–Kier alpha value is -1.00. The van der Waals surface area contributed by atoms with Crippen LogP contribution >= 0.6 is 0 Å². The zero-order valence-corrected chi connectivity index (χ0v) is 11.6. The van der Waals surface area contributed by atoms with E-state index in [2.05, 4.69) is 4.90 Å². The van der Waals surface area contributed by atoms with E-state index in [0.717, 1.165) is 37.1 Å². The molecule has 0 bridgehead atoms. The molecule has 0 radical (unpaired) electrons. The molecule has 0 heterocycles. The summed E-state index contributed by atoms with van der Waals surface area (Å²) in [5, 5.41) is 10.2. The molecule has 20 heavy (non-hydrogen) atoms. The van der Waals surface area contributed by atoms with Crippen LogP contribution < -0.4 is 0 Å². The molecule has 3 rings (SSSR count). The number of rotatable bonds is 7. The minimum absolute atomic E-state index is 0.459. The van der Waals surface area contributed by atoms with Crippen LogP contribution in [0.1, 0.15) is 37.4 Å². The summed E-state index contributed by atoms with van der Waals surface area (Å²) in [6.45, 7) is 2.56. The van der Waals surface area contributed by atoms with E-state index in [1.54, 1.807) is 0 Å². The molecular formula is C16H21F2NO. The van der Waals surface area contributed by atoms with E-state index in [-0.39, 0.29) is 0 Å². The molecule has 2 saturated carbocycles. The van der Waals surface area contributed by atoms with E-state index < -0.39 is 17.7 Å². The van der Waals surface area contributed by atoms with Gasteiger partial charge in [-0.15, -0.1) is 0 Å². The van der Waals surface area contributed by atoms with Crippen molar-refractivity contribution in [2.24, 2.45) is 11.8 Å². The number of aliphatic hydroxyl groups excluding tert-OH is 1. The Balaban J connectivity index is 1.61. The summed E-state index contributed by atoms with van der Waals surface area (Å²) in [6.07, 6.45) is 4.37. The van der Waals surface area contributed by atoms with Crippen molar-refractivity contribution < 1.29 is 13.9 Å². The molecule has 1 atom stereocenters. The van der Waals surface area contributed by atoms with E-state index in [1.807, 2.05) is 0 Å². The fourth-order valence-corrected chi connectivity index (χ4v) is 2.62. The van der Waals surface area contributed by atoms with Gasteiger partial charge in [0.25, 0.3) is 0 Å². The predicted molar refractivity (Wildman–Crippen MR) is 73.2 cm³/mol. The number of hydrogen-bond donors (Lipinski definition) is 1. The van der Waals surface area contributed by atoms with Crippen molar-refractivity contribution in [1.29, 1.82) is 0 Å². The molecular weight excluding hydrogens is 260 g/mol. The number of nitrogens with zero attached hydrogens (tertiary/aromatic N) is 1. The lowest BCUT2D eigenvalue weighted by Crippen LogP contribution is -2.32. The standard InChI is InChI=1S/C16H21F2NO/c17-14-6-5-13(7-15(14)18)16(20)10-19(8-11-1-2-11)9-12-3-4-12/h5-7,11-12,16,20H,1-4,8-10H2. The maximum atomic E-state index is 13.2. The maximum Gasteiger partial charge on any atom is 0.159 e. The maximum absolute atomic E-state index is 13.2. The van der Waals surface area contributed by atoms with E-state index >= 15 is 0 Å². The van der Waals surface area contributed by atoms with Gasteiger partial charge in [-0.3, -0.25) is 4.90 Å². The van der Waals surface area contributed by atoms with Crippen molar-refractivity contribution in [3.63, 3.8) is 0 Å². The fourth-order valence-electron chi connectivity index (χ4n) is 2.62. The number of hydrogen-bond acceptors (Lipinski definition) is 2. The molecule has 1 aromatic rings. The van der Waals surface area contributed by atoms with E-state index in [9.17, 15) is 13.9 Å². The van der Waals surface area contributed by atoms with E-state index in [1.165, 1.54) is 31.7 Å². The van der Waals surface area contributed by atoms with Gasteiger partial charge in [-0.05, 0) is 55.2 Å². The molecule has 0 spiro atoms. The highest BCUT2D eigenvalue weighted by molar-refractivity contribution is 5.20. The highest BCUT2D eigenvalue weighted by Gasteiger charge is 2.30. The molecule has 2 aliphatic rings. The molecule has 0 aliphatic heterocycles. The van der Waals surface area contributed by atoms with Gasteiger partial charge in [0.1, 0.15) is 0 Å². The van der Waals surface area contributed by atoms with Crippen LogP contribution in [-0.4, -0.2) is 29.6 Å². The minimum atomic E-state index is -0.891. The Morgan fingerprint density at radius 2 is 1.65 bits per heavy atom. The first kappa shape index (κ1) is 14.0. The molecule has 0 amide bonds. The monoisotopic (exact) mass is 281 g/mol. The lowest BCUT2D eigenvalue weighted by atomic mass is 10.1. The first-order chi connectivity index (χ1) is 9.61. The molecule has 110 valence electrons. The molecule has 1 N–H and O–H groups in total. The normalized spacial score (nSPS) is 20.4. The van der Waals surface area contributed by atoms with Crippen LogP contribution in [-0.2, 0) is 0 Å². The average molecular weight is 281 g/mol. The van der Waals surface area contributed by atoms with Gasteiger partial charge >= 0.3 is 0 Å².